The number of rotatable bonds is 4. The van der Waals surface area contributed by atoms with Crippen LogP contribution in [0.2, 0.25) is 0 Å². The molecule has 1 fully saturated rings. The fourth-order valence-electron chi connectivity index (χ4n) is 3.54. The largest absolute Gasteiger partial charge is 0.508 e. The molecule has 0 aromatic heterocycles. The van der Waals surface area contributed by atoms with Crippen molar-refractivity contribution in [3.05, 3.63) is 65.2 Å². The summed E-state index contributed by atoms with van der Waals surface area (Å²) in [5.41, 5.74) is 2.32. The summed E-state index contributed by atoms with van der Waals surface area (Å²) in [6.45, 7) is 3.05. The van der Waals surface area contributed by atoms with Gasteiger partial charge in [-0.2, -0.15) is 0 Å². The highest BCUT2D eigenvalue weighted by Gasteiger charge is 2.28. The maximum atomic E-state index is 12.7. The van der Waals surface area contributed by atoms with Gasteiger partial charge in [0.25, 0.3) is 5.91 Å². The molecule has 0 aliphatic carbocycles. The van der Waals surface area contributed by atoms with Crippen molar-refractivity contribution in [3.63, 3.8) is 0 Å². The second-order valence-corrected chi connectivity index (χ2v) is 6.84. The number of benzene rings is 2. The number of hydrogen-bond donors (Lipinski definition) is 2. The maximum Gasteiger partial charge on any atom is 0.254 e. The summed E-state index contributed by atoms with van der Waals surface area (Å²) in [6.07, 6.45) is 1.89. The molecule has 1 heterocycles. The van der Waals surface area contributed by atoms with Crippen LogP contribution in [0.4, 0.5) is 0 Å². The minimum absolute atomic E-state index is 0.0376. The Morgan fingerprint density at radius 2 is 1.80 bits per heavy atom. The zero-order valence-corrected chi connectivity index (χ0v) is 14.6. The third-order valence-electron chi connectivity index (χ3n) is 5.19. The van der Waals surface area contributed by atoms with Crippen molar-refractivity contribution in [2.75, 3.05) is 13.1 Å². The smallest absolute Gasteiger partial charge is 0.254 e. The number of aromatic hydroxyl groups is 1. The second-order valence-electron chi connectivity index (χ2n) is 6.84. The van der Waals surface area contributed by atoms with E-state index < -0.39 is 0 Å². The number of aliphatic hydroxyl groups excluding tert-OH is 1. The minimum Gasteiger partial charge on any atom is -0.508 e. The number of piperidine rings is 1. The summed E-state index contributed by atoms with van der Waals surface area (Å²) in [7, 11) is 0. The van der Waals surface area contributed by atoms with Crippen LogP contribution in [0.1, 0.15) is 34.3 Å². The van der Waals surface area contributed by atoms with E-state index >= 15 is 0 Å². The molecule has 2 N–H and O–H groups in total. The predicted octanol–water partition coefficient (Wildman–Crippen LogP) is 3.16. The van der Waals surface area contributed by atoms with Gasteiger partial charge in [0.05, 0.1) is 6.10 Å². The molecular weight excluding hydrogens is 314 g/mol. The van der Waals surface area contributed by atoms with Gasteiger partial charge in [0, 0.05) is 24.2 Å². The molecule has 0 saturated carbocycles. The van der Waals surface area contributed by atoms with Crippen LogP contribution in [-0.4, -0.2) is 40.2 Å². The summed E-state index contributed by atoms with van der Waals surface area (Å²) >= 11 is 0. The van der Waals surface area contributed by atoms with Crippen molar-refractivity contribution in [2.24, 2.45) is 5.92 Å². The van der Waals surface area contributed by atoms with Gasteiger partial charge in [-0.3, -0.25) is 4.79 Å². The number of amides is 1. The Labute approximate surface area is 148 Å². The number of nitrogens with zero attached hydrogens (tertiary/aromatic N) is 1. The number of aliphatic hydroxyl groups is 1. The number of carbonyl (C=O) groups excluding carboxylic acids is 1. The van der Waals surface area contributed by atoms with Crippen LogP contribution in [0, 0.1) is 12.8 Å². The predicted molar refractivity (Wildman–Crippen MR) is 97.6 cm³/mol. The molecule has 0 radical (unpaired) electrons. The molecule has 1 atom stereocenters. The topological polar surface area (TPSA) is 60.8 Å². The van der Waals surface area contributed by atoms with E-state index in [4.69, 9.17) is 0 Å². The Hall–Kier alpha value is -2.33. The molecule has 4 heteroatoms. The molecule has 0 bridgehead atoms. The van der Waals surface area contributed by atoms with Gasteiger partial charge in [-0.15, -0.1) is 0 Å². The molecule has 2 aromatic carbocycles. The van der Waals surface area contributed by atoms with Gasteiger partial charge < -0.3 is 15.1 Å². The van der Waals surface area contributed by atoms with Crippen LogP contribution >= 0.6 is 0 Å². The quantitative estimate of drug-likeness (QED) is 0.899. The van der Waals surface area contributed by atoms with Crippen LogP contribution in [0.5, 0.6) is 5.75 Å². The fraction of sp³-hybridized carbons (Fsp3) is 0.381. The van der Waals surface area contributed by atoms with Gasteiger partial charge in [0.2, 0.25) is 0 Å². The fourth-order valence-corrected chi connectivity index (χ4v) is 3.54. The SMILES string of the molecule is Cc1c(O)cccc1C(=O)N1CCC([C@@H](O)Cc2ccccc2)CC1. The highest BCUT2D eigenvalue weighted by Crippen LogP contribution is 2.26. The lowest BCUT2D eigenvalue weighted by molar-refractivity contribution is 0.0467. The van der Waals surface area contributed by atoms with Gasteiger partial charge in [-0.1, -0.05) is 36.4 Å². The number of carbonyl (C=O) groups is 1. The van der Waals surface area contributed by atoms with Crippen LogP contribution < -0.4 is 0 Å². The van der Waals surface area contributed by atoms with Gasteiger partial charge in [0.15, 0.2) is 0 Å². The number of phenols is 1. The summed E-state index contributed by atoms with van der Waals surface area (Å²) in [6, 6.07) is 15.1. The molecule has 25 heavy (non-hydrogen) atoms. The van der Waals surface area contributed by atoms with E-state index in [0.717, 1.165) is 18.4 Å². The molecule has 1 amide bonds. The molecule has 3 rings (SSSR count). The molecular formula is C21H25NO3. The lowest BCUT2D eigenvalue weighted by Gasteiger charge is -2.34. The zero-order chi connectivity index (χ0) is 17.8. The third-order valence-corrected chi connectivity index (χ3v) is 5.19. The Kier molecular flexibility index (Phi) is 5.39. The van der Waals surface area contributed by atoms with Crippen LogP contribution in [-0.2, 0) is 6.42 Å². The Morgan fingerprint density at radius 3 is 2.48 bits per heavy atom. The summed E-state index contributed by atoms with van der Waals surface area (Å²) in [4.78, 5) is 14.5. The van der Waals surface area contributed by atoms with E-state index in [1.54, 1.807) is 25.1 Å². The van der Waals surface area contributed by atoms with Crippen LogP contribution in [0.25, 0.3) is 0 Å². The molecule has 1 aliphatic heterocycles. The van der Waals surface area contributed by atoms with Gasteiger partial charge in [0.1, 0.15) is 5.75 Å². The van der Waals surface area contributed by atoms with Crippen molar-refractivity contribution in [1.82, 2.24) is 4.90 Å². The van der Waals surface area contributed by atoms with Gasteiger partial charge in [-0.05, 0) is 49.8 Å². The Bertz CT molecular complexity index is 721. The van der Waals surface area contributed by atoms with Gasteiger partial charge in [-0.25, -0.2) is 0 Å². The standard InChI is InChI=1S/C21H25NO3/c1-15-18(8-5-9-19(15)23)21(25)22-12-10-17(11-13-22)20(24)14-16-6-3-2-4-7-16/h2-9,17,20,23-24H,10-14H2,1H3/t20-/m0/s1. The van der Waals surface area contributed by atoms with E-state index in [0.29, 0.717) is 30.6 Å². The first-order chi connectivity index (χ1) is 12.1. The molecule has 0 spiro atoms. The number of phenolic OH excluding ortho intramolecular Hbond substituents is 1. The lowest BCUT2D eigenvalue weighted by atomic mass is 9.87. The molecule has 4 nitrogen and oxygen atoms in total. The van der Waals surface area contributed by atoms with E-state index in [9.17, 15) is 15.0 Å². The monoisotopic (exact) mass is 339 g/mol. The molecule has 1 aliphatic rings. The van der Waals surface area contributed by atoms with Crippen molar-refractivity contribution in [1.29, 1.82) is 0 Å². The van der Waals surface area contributed by atoms with E-state index in [-0.39, 0.29) is 23.7 Å². The Morgan fingerprint density at radius 1 is 1.12 bits per heavy atom. The average Bonchev–Trinajstić information content (AvgIpc) is 2.64. The van der Waals surface area contributed by atoms with Gasteiger partial charge >= 0.3 is 0 Å². The van der Waals surface area contributed by atoms with Crippen LogP contribution in [0.3, 0.4) is 0 Å². The van der Waals surface area contributed by atoms with E-state index in [2.05, 4.69) is 0 Å². The van der Waals surface area contributed by atoms with E-state index in [1.807, 2.05) is 35.2 Å². The van der Waals surface area contributed by atoms with Crippen molar-refractivity contribution < 1.29 is 15.0 Å². The molecule has 2 aromatic rings. The molecule has 1 saturated heterocycles. The Balaban J connectivity index is 1.58. The summed E-state index contributed by atoms with van der Waals surface area (Å²) in [5.74, 6) is 0.331. The highest BCUT2D eigenvalue weighted by atomic mass is 16.3. The average molecular weight is 339 g/mol. The molecule has 0 unspecified atom stereocenters. The van der Waals surface area contributed by atoms with Crippen molar-refractivity contribution >= 4 is 5.91 Å². The highest BCUT2D eigenvalue weighted by molar-refractivity contribution is 5.96. The minimum atomic E-state index is -0.373. The first-order valence-electron chi connectivity index (χ1n) is 8.86. The van der Waals surface area contributed by atoms with E-state index in [1.165, 1.54) is 0 Å². The summed E-state index contributed by atoms with van der Waals surface area (Å²) < 4.78 is 0. The van der Waals surface area contributed by atoms with Crippen molar-refractivity contribution in [3.8, 4) is 5.75 Å². The maximum absolute atomic E-state index is 12.7. The normalized spacial score (nSPS) is 16.6. The summed E-state index contributed by atoms with van der Waals surface area (Å²) in [5, 5.41) is 20.3. The number of likely N-dealkylation sites (tertiary alicyclic amines) is 1. The first kappa shape index (κ1) is 17.5. The third kappa shape index (κ3) is 4.02. The first-order valence-corrected chi connectivity index (χ1v) is 8.86. The second kappa shape index (κ2) is 7.70. The lowest BCUT2D eigenvalue weighted by Crippen LogP contribution is -2.41. The van der Waals surface area contributed by atoms with Crippen LogP contribution in [0.15, 0.2) is 48.5 Å². The zero-order valence-electron chi connectivity index (χ0n) is 14.6. The van der Waals surface area contributed by atoms with Crippen molar-refractivity contribution in [2.45, 2.75) is 32.3 Å². The molecule has 132 valence electrons. The number of hydrogen-bond acceptors (Lipinski definition) is 3.